The first-order valence-electron chi connectivity index (χ1n) is 20.2. The fraction of sp³-hybridized carbons (Fsp3) is 0.780. The highest BCUT2D eigenvalue weighted by atomic mass is 31.2. The summed E-state index contributed by atoms with van der Waals surface area (Å²) >= 11 is 0. The first-order chi connectivity index (χ1) is 24.4. The quantitative estimate of drug-likeness (QED) is 0.0212. The van der Waals surface area contributed by atoms with Crippen molar-refractivity contribution in [3.63, 3.8) is 0 Å². The fourth-order valence-electron chi connectivity index (χ4n) is 5.39. The molecule has 292 valence electrons. The van der Waals surface area contributed by atoms with Crippen LogP contribution < -0.4 is 5.73 Å². The Kier molecular flexibility index (Phi) is 37.2. The molecule has 2 atom stereocenters. The summed E-state index contributed by atoms with van der Waals surface area (Å²) in [5, 5.41) is 0. The molecule has 0 fully saturated rings. The van der Waals surface area contributed by atoms with Gasteiger partial charge in [0, 0.05) is 13.0 Å². The van der Waals surface area contributed by atoms with Crippen LogP contribution in [-0.4, -0.2) is 43.3 Å². The van der Waals surface area contributed by atoms with E-state index in [2.05, 4.69) is 50.3 Å². The molecule has 0 spiro atoms. The number of unbranched alkanes of at least 4 members (excludes halogenated alkanes) is 19. The zero-order valence-corrected chi connectivity index (χ0v) is 33.0. The SMILES string of the molecule is CC/C=C/C/C=C/C/C=C/CCCCCCCC(=O)O[C@H](CO/C=C/CCCCCCCCCCCCCCCC)COP(=O)(O)OCCN. The molecular formula is C41H76NO7P. The Hall–Kier alpha value is -1.70. The van der Waals surface area contributed by atoms with Crippen molar-refractivity contribution in [2.24, 2.45) is 5.73 Å². The highest BCUT2D eigenvalue weighted by Crippen LogP contribution is 2.43. The first kappa shape index (κ1) is 48.3. The minimum atomic E-state index is -4.29. The topological polar surface area (TPSA) is 117 Å². The summed E-state index contributed by atoms with van der Waals surface area (Å²) < 4.78 is 33.1. The monoisotopic (exact) mass is 726 g/mol. The van der Waals surface area contributed by atoms with Crippen molar-refractivity contribution in [1.29, 1.82) is 0 Å². The lowest BCUT2D eigenvalue weighted by Gasteiger charge is -2.19. The van der Waals surface area contributed by atoms with E-state index in [0.717, 1.165) is 70.6 Å². The molecule has 0 aromatic rings. The average molecular weight is 726 g/mol. The summed E-state index contributed by atoms with van der Waals surface area (Å²) in [5.74, 6) is -0.370. The molecule has 0 aromatic heterocycles. The van der Waals surface area contributed by atoms with E-state index in [4.69, 9.17) is 24.3 Å². The Morgan fingerprint density at radius 2 is 1.14 bits per heavy atom. The van der Waals surface area contributed by atoms with Gasteiger partial charge in [0.1, 0.15) is 6.61 Å². The number of nitrogens with two attached hydrogens (primary N) is 1. The zero-order chi connectivity index (χ0) is 36.6. The normalized spacial score (nSPS) is 14.0. The second-order valence-electron chi connectivity index (χ2n) is 13.2. The number of ether oxygens (including phenoxy) is 2. The first-order valence-corrected chi connectivity index (χ1v) is 21.7. The van der Waals surface area contributed by atoms with Crippen LogP contribution in [0.5, 0.6) is 0 Å². The lowest BCUT2D eigenvalue weighted by molar-refractivity contribution is -0.153. The molecule has 8 nitrogen and oxygen atoms in total. The molecule has 1 unspecified atom stereocenters. The van der Waals surface area contributed by atoms with Gasteiger partial charge in [0.2, 0.25) is 0 Å². The van der Waals surface area contributed by atoms with Crippen molar-refractivity contribution in [3.05, 3.63) is 48.8 Å². The van der Waals surface area contributed by atoms with Gasteiger partial charge in [-0.2, -0.15) is 0 Å². The highest BCUT2D eigenvalue weighted by molar-refractivity contribution is 7.47. The molecule has 0 aromatic carbocycles. The van der Waals surface area contributed by atoms with E-state index in [0.29, 0.717) is 0 Å². The predicted octanol–water partition coefficient (Wildman–Crippen LogP) is 12.0. The second-order valence-corrected chi connectivity index (χ2v) is 14.6. The van der Waals surface area contributed by atoms with Crippen LogP contribution in [0, 0.1) is 0 Å². The molecule has 9 heteroatoms. The third kappa shape index (κ3) is 37.6. The second kappa shape index (κ2) is 38.5. The minimum absolute atomic E-state index is 0.0249. The summed E-state index contributed by atoms with van der Waals surface area (Å²) in [6.07, 6.45) is 45.0. The smallest absolute Gasteiger partial charge is 0.472 e. The van der Waals surface area contributed by atoms with Crippen molar-refractivity contribution in [3.8, 4) is 0 Å². The zero-order valence-electron chi connectivity index (χ0n) is 32.1. The maximum absolute atomic E-state index is 12.5. The van der Waals surface area contributed by atoms with Crippen LogP contribution in [0.3, 0.4) is 0 Å². The molecule has 0 radical (unpaired) electrons. The van der Waals surface area contributed by atoms with Gasteiger partial charge in [-0.25, -0.2) is 4.57 Å². The molecule has 0 amide bonds. The summed E-state index contributed by atoms with van der Waals surface area (Å²) in [5.41, 5.74) is 5.35. The van der Waals surface area contributed by atoms with Gasteiger partial charge in [-0.05, 0) is 57.4 Å². The fourth-order valence-corrected chi connectivity index (χ4v) is 6.15. The molecule has 0 rings (SSSR count). The number of carbonyl (C=O) groups excluding carboxylic acids is 1. The number of phosphoric ester groups is 1. The molecule has 0 aliphatic heterocycles. The van der Waals surface area contributed by atoms with Crippen molar-refractivity contribution < 1.29 is 32.8 Å². The van der Waals surface area contributed by atoms with Crippen LogP contribution in [0.1, 0.15) is 174 Å². The third-order valence-electron chi connectivity index (χ3n) is 8.32. The van der Waals surface area contributed by atoms with Crippen molar-refractivity contribution in [2.45, 2.75) is 180 Å². The van der Waals surface area contributed by atoms with Crippen molar-refractivity contribution >= 4 is 13.8 Å². The van der Waals surface area contributed by atoms with E-state index in [-0.39, 0.29) is 38.8 Å². The van der Waals surface area contributed by atoms with Crippen molar-refractivity contribution in [2.75, 3.05) is 26.4 Å². The standard InChI is InChI=1S/C41H76NO7P/c1-3-5-7-9-11-13-15-17-19-21-23-25-27-29-31-33-36-46-38-40(39-48-50(44,45)47-37-35-42)49-41(43)34-32-30-28-26-24-22-20-18-16-14-12-10-8-6-4-2/h6,8,12,14,18,20,33,36,40H,3-5,7,9-11,13,15-17,19,21-32,34-35,37-39,42H2,1-2H3,(H,44,45)/b8-6+,14-12+,20-18+,36-33+/t40-/m1/s1. The number of hydrogen-bond donors (Lipinski definition) is 2. The molecule has 50 heavy (non-hydrogen) atoms. The number of rotatable bonds is 38. The number of allylic oxidation sites excluding steroid dienone is 7. The Labute approximate surface area is 307 Å². The molecule has 3 N–H and O–H groups in total. The average Bonchev–Trinajstić information content (AvgIpc) is 3.10. The van der Waals surface area contributed by atoms with E-state index in [1.165, 1.54) is 83.5 Å². The van der Waals surface area contributed by atoms with Gasteiger partial charge in [-0.3, -0.25) is 13.8 Å². The van der Waals surface area contributed by atoms with Crippen LogP contribution >= 0.6 is 7.82 Å². The van der Waals surface area contributed by atoms with E-state index < -0.39 is 13.9 Å². The van der Waals surface area contributed by atoms with E-state index in [1.807, 2.05) is 6.08 Å². The molecule has 0 aliphatic carbocycles. The van der Waals surface area contributed by atoms with Crippen LogP contribution in [0.4, 0.5) is 0 Å². The lowest BCUT2D eigenvalue weighted by Crippen LogP contribution is -2.27. The largest absolute Gasteiger partial charge is 0.498 e. The number of esters is 1. The third-order valence-corrected chi connectivity index (χ3v) is 9.31. The molecule has 0 saturated heterocycles. The van der Waals surface area contributed by atoms with E-state index >= 15 is 0 Å². The van der Waals surface area contributed by atoms with E-state index in [1.54, 1.807) is 6.26 Å². The Morgan fingerprint density at radius 1 is 0.640 bits per heavy atom. The Bertz CT molecular complexity index is 905. The van der Waals surface area contributed by atoms with Crippen LogP contribution in [-0.2, 0) is 27.9 Å². The molecular weight excluding hydrogens is 649 g/mol. The Balaban J connectivity index is 4.14. The molecule has 0 bridgehead atoms. The van der Waals surface area contributed by atoms with Crippen LogP contribution in [0.15, 0.2) is 48.8 Å². The van der Waals surface area contributed by atoms with Gasteiger partial charge in [0.05, 0.1) is 19.5 Å². The minimum Gasteiger partial charge on any atom is -0.498 e. The van der Waals surface area contributed by atoms with Gasteiger partial charge in [0.15, 0.2) is 6.10 Å². The van der Waals surface area contributed by atoms with Gasteiger partial charge in [-0.1, -0.05) is 153 Å². The molecule has 0 heterocycles. The highest BCUT2D eigenvalue weighted by Gasteiger charge is 2.25. The maximum Gasteiger partial charge on any atom is 0.472 e. The summed E-state index contributed by atoms with van der Waals surface area (Å²) in [6, 6.07) is 0. The lowest BCUT2D eigenvalue weighted by atomic mass is 10.0. The number of carbonyl (C=O) groups is 1. The van der Waals surface area contributed by atoms with Gasteiger partial charge in [0.25, 0.3) is 0 Å². The van der Waals surface area contributed by atoms with Gasteiger partial charge < -0.3 is 20.1 Å². The molecule has 0 saturated carbocycles. The predicted molar refractivity (Wildman–Crippen MR) is 210 cm³/mol. The maximum atomic E-state index is 12.5. The summed E-state index contributed by atoms with van der Waals surface area (Å²) in [7, 11) is -4.29. The summed E-state index contributed by atoms with van der Waals surface area (Å²) in [4.78, 5) is 22.4. The van der Waals surface area contributed by atoms with Gasteiger partial charge in [-0.15, -0.1) is 0 Å². The number of phosphoric acid groups is 1. The van der Waals surface area contributed by atoms with Crippen LogP contribution in [0.25, 0.3) is 0 Å². The Morgan fingerprint density at radius 3 is 1.70 bits per heavy atom. The molecule has 0 aliphatic rings. The van der Waals surface area contributed by atoms with Crippen molar-refractivity contribution in [1.82, 2.24) is 0 Å². The van der Waals surface area contributed by atoms with E-state index in [9.17, 15) is 14.3 Å². The summed E-state index contributed by atoms with van der Waals surface area (Å²) in [6.45, 7) is 4.11. The van der Waals surface area contributed by atoms with Gasteiger partial charge >= 0.3 is 13.8 Å². The van der Waals surface area contributed by atoms with Crippen LogP contribution in [0.2, 0.25) is 0 Å². The number of hydrogen-bond acceptors (Lipinski definition) is 7.